The predicted molar refractivity (Wildman–Crippen MR) is 83.8 cm³/mol. The first-order valence-electron chi connectivity index (χ1n) is 7.22. The quantitative estimate of drug-likeness (QED) is 0.892. The van der Waals surface area contributed by atoms with Crippen molar-refractivity contribution in [3.8, 4) is 5.75 Å². The molecule has 0 radical (unpaired) electrons. The molecule has 21 heavy (non-hydrogen) atoms. The Balaban J connectivity index is 2.23. The van der Waals surface area contributed by atoms with Gasteiger partial charge in [0.25, 0.3) is 0 Å². The maximum Gasteiger partial charge on any atom is 0.123 e. The average molecular weight is 287 g/mol. The molecule has 2 aromatic rings. The van der Waals surface area contributed by atoms with Crippen molar-refractivity contribution in [2.75, 3.05) is 0 Å². The summed E-state index contributed by atoms with van der Waals surface area (Å²) in [5.41, 5.74) is 8.19. The van der Waals surface area contributed by atoms with Crippen LogP contribution in [0.25, 0.3) is 0 Å². The maximum atomic E-state index is 13.2. The van der Waals surface area contributed by atoms with Gasteiger partial charge in [-0.15, -0.1) is 0 Å². The number of halogens is 1. The molecule has 0 fully saturated rings. The van der Waals surface area contributed by atoms with Gasteiger partial charge in [0.2, 0.25) is 0 Å². The van der Waals surface area contributed by atoms with Gasteiger partial charge in [0.1, 0.15) is 17.7 Å². The zero-order valence-electron chi connectivity index (χ0n) is 12.7. The van der Waals surface area contributed by atoms with E-state index in [2.05, 4.69) is 13.8 Å². The summed E-state index contributed by atoms with van der Waals surface area (Å²) in [5.74, 6) is 0.666. The molecule has 0 saturated heterocycles. The lowest BCUT2D eigenvalue weighted by Crippen LogP contribution is -2.36. The number of ether oxygens (including phenoxy) is 1. The standard InChI is InChI=1S/C18H22FNO/c1-12(2)18(17(20)14-7-5-4-6-8-14)21-16-10-9-15(19)11-13(16)3/h4-12,17-18H,20H2,1-3H3. The normalized spacial score (nSPS) is 14.0. The van der Waals surface area contributed by atoms with Crippen molar-refractivity contribution in [3.05, 3.63) is 65.5 Å². The summed E-state index contributed by atoms with van der Waals surface area (Å²) in [6.45, 7) is 5.99. The highest BCUT2D eigenvalue weighted by Gasteiger charge is 2.25. The van der Waals surface area contributed by atoms with Crippen molar-refractivity contribution < 1.29 is 9.13 Å². The topological polar surface area (TPSA) is 35.2 Å². The van der Waals surface area contributed by atoms with E-state index in [1.54, 1.807) is 6.07 Å². The molecule has 0 aliphatic rings. The molecule has 2 rings (SSSR count). The Hall–Kier alpha value is -1.87. The van der Waals surface area contributed by atoms with E-state index in [1.165, 1.54) is 12.1 Å². The minimum Gasteiger partial charge on any atom is -0.488 e. The molecule has 0 bridgehead atoms. The third kappa shape index (κ3) is 3.82. The van der Waals surface area contributed by atoms with Gasteiger partial charge in [-0.1, -0.05) is 44.2 Å². The van der Waals surface area contributed by atoms with Crippen LogP contribution >= 0.6 is 0 Å². The van der Waals surface area contributed by atoms with Gasteiger partial charge in [-0.3, -0.25) is 0 Å². The summed E-state index contributed by atoms with van der Waals surface area (Å²) in [5, 5.41) is 0. The zero-order valence-corrected chi connectivity index (χ0v) is 12.7. The van der Waals surface area contributed by atoms with Gasteiger partial charge >= 0.3 is 0 Å². The smallest absolute Gasteiger partial charge is 0.123 e. The van der Waals surface area contributed by atoms with Crippen molar-refractivity contribution in [2.45, 2.75) is 32.9 Å². The van der Waals surface area contributed by atoms with E-state index >= 15 is 0 Å². The number of nitrogens with two attached hydrogens (primary N) is 1. The predicted octanol–water partition coefficient (Wildman–Crippen LogP) is 4.24. The molecule has 0 aromatic heterocycles. The first-order chi connectivity index (χ1) is 9.99. The van der Waals surface area contributed by atoms with Crippen LogP contribution in [-0.4, -0.2) is 6.10 Å². The minimum absolute atomic E-state index is 0.170. The molecule has 3 heteroatoms. The maximum absolute atomic E-state index is 13.2. The molecule has 0 spiro atoms. The lowest BCUT2D eigenvalue weighted by molar-refractivity contribution is 0.122. The molecule has 0 heterocycles. The Kier molecular flexibility index (Phi) is 4.97. The fourth-order valence-corrected chi connectivity index (χ4v) is 2.38. The Morgan fingerprint density at radius 3 is 2.29 bits per heavy atom. The fourth-order valence-electron chi connectivity index (χ4n) is 2.38. The molecule has 2 atom stereocenters. The van der Waals surface area contributed by atoms with E-state index in [9.17, 15) is 4.39 Å². The van der Waals surface area contributed by atoms with Crippen molar-refractivity contribution in [2.24, 2.45) is 11.7 Å². The molecule has 2 unspecified atom stereocenters. The number of hydrogen-bond donors (Lipinski definition) is 1. The van der Waals surface area contributed by atoms with E-state index in [0.717, 1.165) is 11.1 Å². The Morgan fingerprint density at radius 2 is 1.71 bits per heavy atom. The second-order valence-corrected chi connectivity index (χ2v) is 5.67. The van der Waals surface area contributed by atoms with Crippen LogP contribution in [-0.2, 0) is 0 Å². The molecule has 0 aliphatic carbocycles. The Morgan fingerprint density at radius 1 is 1.05 bits per heavy atom. The van der Waals surface area contributed by atoms with E-state index in [4.69, 9.17) is 10.5 Å². The Labute approximate surface area is 125 Å². The lowest BCUT2D eigenvalue weighted by Gasteiger charge is -2.29. The van der Waals surface area contributed by atoms with E-state index in [0.29, 0.717) is 5.75 Å². The van der Waals surface area contributed by atoms with Crippen LogP contribution in [0.1, 0.15) is 31.0 Å². The van der Waals surface area contributed by atoms with Crippen LogP contribution in [0, 0.1) is 18.7 Å². The van der Waals surface area contributed by atoms with E-state index in [-0.39, 0.29) is 23.9 Å². The zero-order chi connectivity index (χ0) is 15.4. The summed E-state index contributed by atoms with van der Waals surface area (Å²) in [6.07, 6.45) is -0.170. The first-order valence-corrected chi connectivity index (χ1v) is 7.22. The number of benzene rings is 2. The molecule has 2 N–H and O–H groups in total. The van der Waals surface area contributed by atoms with Crippen molar-refractivity contribution in [3.63, 3.8) is 0 Å². The van der Waals surface area contributed by atoms with Gasteiger partial charge < -0.3 is 10.5 Å². The van der Waals surface area contributed by atoms with E-state index in [1.807, 2.05) is 37.3 Å². The van der Waals surface area contributed by atoms with Gasteiger partial charge in [-0.25, -0.2) is 4.39 Å². The first kappa shape index (κ1) is 15.5. The van der Waals surface area contributed by atoms with Gasteiger partial charge in [-0.2, -0.15) is 0 Å². The Bertz CT molecular complexity index is 583. The largest absolute Gasteiger partial charge is 0.488 e. The second kappa shape index (κ2) is 6.72. The van der Waals surface area contributed by atoms with Gasteiger partial charge in [0, 0.05) is 0 Å². The summed E-state index contributed by atoms with van der Waals surface area (Å²) in [4.78, 5) is 0. The van der Waals surface area contributed by atoms with E-state index < -0.39 is 0 Å². The summed E-state index contributed by atoms with van der Waals surface area (Å²) in [7, 11) is 0. The summed E-state index contributed by atoms with van der Waals surface area (Å²) >= 11 is 0. The highest BCUT2D eigenvalue weighted by atomic mass is 19.1. The minimum atomic E-state index is -0.256. The van der Waals surface area contributed by atoms with Crippen LogP contribution < -0.4 is 10.5 Å². The van der Waals surface area contributed by atoms with Crippen molar-refractivity contribution in [1.82, 2.24) is 0 Å². The van der Waals surface area contributed by atoms with Crippen LogP contribution in [0.4, 0.5) is 4.39 Å². The molecule has 0 amide bonds. The van der Waals surface area contributed by atoms with Gasteiger partial charge in [0.05, 0.1) is 6.04 Å². The van der Waals surface area contributed by atoms with Crippen LogP contribution in [0.15, 0.2) is 48.5 Å². The molecule has 112 valence electrons. The van der Waals surface area contributed by atoms with Crippen LogP contribution in [0.3, 0.4) is 0 Å². The van der Waals surface area contributed by atoms with Gasteiger partial charge in [0.15, 0.2) is 0 Å². The summed E-state index contributed by atoms with van der Waals surface area (Å²) < 4.78 is 19.3. The molecular formula is C18H22FNO. The SMILES string of the molecule is Cc1cc(F)ccc1OC(C(C)C)C(N)c1ccccc1. The highest BCUT2D eigenvalue weighted by Crippen LogP contribution is 2.27. The number of hydrogen-bond acceptors (Lipinski definition) is 2. The molecule has 2 aromatic carbocycles. The molecule has 0 saturated carbocycles. The fraction of sp³-hybridized carbons (Fsp3) is 0.333. The highest BCUT2D eigenvalue weighted by molar-refractivity contribution is 5.33. The lowest BCUT2D eigenvalue weighted by atomic mass is 9.94. The molecule has 2 nitrogen and oxygen atoms in total. The average Bonchev–Trinajstić information content (AvgIpc) is 2.46. The second-order valence-electron chi connectivity index (χ2n) is 5.67. The third-order valence-corrected chi connectivity index (χ3v) is 3.60. The molecule has 0 aliphatic heterocycles. The number of aryl methyl sites for hydroxylation is 1. The van der Waals surface area contributed by atoms with Crippen LogP contribution in [0.5, 0.6) is 5.75 Å². The molecular weight excluding hydrogens is 265 g/mol. The van der Waals surface area contributed by atoms with Crippen molar-refractivity contribution >= 4 is 0 Å². The van der Waals surface area contributed by atoms with Crippen molar-refractivity contribution in [1.29, 1.82) is 0 Å². The third-order valence-electron chi connectivity index (χ3n) is 3.60. The van der Waals surface area contributed by atoms with Gasteiger partial charge in [-0.05, 0) is 42.2 Å². The number of rotatable bonds is 5. The monoisotopic (exact) mass is 287 g/mol. The summed E-state index contributed by atoms with van der Waals surface area (Å²) in [6, 6.07) is 14.2. The van der Waals surface area contributed by atoms with Crippen LogP contribution in [0.2, 0.25) is 0 Å².